The molecule has 1 aliphatic heterocycles. The van der Waals surface area contributed by atoms with E-state index in [-0.39, 0.29) is 15.9 Å². The fourth-order valence-electron chi connectivity index (χ4n) is 4.26. The molecule has 3 aromatic heterocycles. The van der Waals surface area contributed by atoms with E-state index in [0.717, 1.165) is 24.2 Å². The van der Waals surface area contributed by atoms with Gasteiger partial charge in [0.1, 0.15) is 4.90 Å². The van der Waals surface area contributed by atoms with Crippen LogP contribution in [0.4, 0.5) is 19.3 Å². The van der Waals surface area contributed by atoms with Gasteiger partial charge in [0, 0.05) is 52.0 Å². The molecule has 2 fully saturated rings. The topological polar surface area (TPSA) is 103 Å². The molecule has 36 heavy (non-hydrogen) atoms. The van der Waals surface area contributed by atoms with Gasteiger partial charge in [-0.3, -0.25) is 0 Å². The highest BCUT2D eigenvalue weighted by Gasteiger charge is 2.41. The molecular formula is C22H27F2N7O3S2. The molecule has 1 aliphatic carbocycles. The molecule has 1 N–H and O–H groups in total. The van der Waals surface area contributed by atoms with Crippen LogP contribution in [0, 0.1) is 0 Å². The zero-order chi connectivity index (χ0) is 25.8. The number of rotatable bonds is 6. The van der Waals surface area contributed by atoms with Gasteiger partial charge < -0.3 is 19.1 Å². The van der Waals surface area contributed by atoms with Gasteiger partial charge in [-0.05, 0) is 38.0 Å². The van der Waals surface area contributed by atoms with E-state index in [1.807, 2.05) is 17.9 Å². The summed E-state index contributed by atoms with van der Waals surface area (Å²) in [6.45, 7) is 3.85. The number of urea groups is 1. The number of pyridine rings is 1. The second-order valence-electron chi connectivity index (χ2n) is 9.60. The minimum atomic E-state index is -3.85. The van der Waals surface area contributed by atoms with Gasteiger partial charge in [-0.15, -0.1) is 10.2 Å². The van der Waals surface area contributed by atoms with Crippen LogP contribution in [0.15, 0.2) is 29.3 Å². The summed E-state index contributed by atoms with van der Waals surface area (Å²) in [5.74, 6) is 0. The Kier molecular flexibility index (Phi) is 6.16. The third-order valence-electron chi connectivity index (χ3n) is 6.53. The summed E-state index contributed by atoms with van der Waals surface area (Å²) < 4.78 is 57.4. The van der Waals surface area contributed by atoms with Crippen molar-refractivity contribution in [2.75, 3.05) is 45.2 Å². The van der Waals surface area contributed by atoms with Crippen LogP contribution in [-0.4, -0.2) is 84.7 Å². The van der Waals surface area contributed by atoms with Crippen LogP contribution in [0.2, 0.25) is 0 Å². The first-order valence-electron chi connectivity index (χ1n) is 11.5. The van der Waals surface area contributed by atoms with Gasteiger partial charge in [-0.25, -0.2) is 26.7 Å². The molecule has 14 heteroatoms. The molecule has 1 saturated heterocycles. The van der Waals surface area contributed by atoms with Crippen LogP contribution in [0.3, 0.4) is 0 Å². The fraction of sp³-hybridized carbons (Fsp3) is 0.500. The number of aromatic nitrogens is 3. The maximum absolute atomic E-state index is 13.3. The lowest BCUT2D eigenvalue weighted by atomic mass is 10.2. The van der Waals surface area contributed by atoms with Crippen molar-refractivity contribution >= 4 is 38.6 Å². The normalized spacial score (nSPS) is 17.7. The molecule has 5 rings (SSSR count). The number of hydrogen-bond donors (Lipinski definition) is 1. The van der Waals surface area contributed by atoms with Crippen molar-refractivity contribution in [2.45, 2.75) is 36.6 Å². The van der Waals surface area contributed by atoms with Crippen LogP contribution in [0.25, 0.3) is 16.2 Å². The third-order valence-corrected chi connectivity index (χ3v) is 9.09. The zero-order valence-electron chi connectivity index (χ0n) is 20.1. The molecule has 3 aromatic rings. The second-order valence-corrected chi connectivity index (χ2v) is 12.3. The van der Waals surface area contributed by atoms with Crippen LogP contribution in [0.5, 0.6) is 0 Å². The molecule has 0 spiro atoms. The van der Waals surface area contributed by atoms with Crippen molar-refractivity contribution in [3.05, 3.63) is 29.4 Å². The molecule has 0 bridgehead atoms. The van der Waals surface area contributed by atoms with E-state index in [2.05, 4.69) is 14.9 Å². The molecule has 0 unspecified atom stereocenters. The summed E-state index contributed by atoms with van der Waals surface area (Å²) in [6, 6.07) is 5.11. The summed E-state index contributed by atoms with van der Waals surface area (Å²) in [5.41, 5.74) is 1.41. The molecule has 0 radical (unpaired) electrons. The largest absolute Gasteiger partial charge is 0.366 e. The van der Waals surface area contributed by atoms with Crippen LogP contribution in [-0.2, 0) is 10.0 Å². The molecule has 0 aromatic carbocycles. The van der Waals surface area contributed by atoms with Crippen molar-refractivity contribution in [3.8, 4) is 10.7 Å². The average Bonchev–Trinajstić information content (AvgIpc) is 3.22. The van der Waals surface area contributed by atoms with Gasteiger partial charge in [0.2, 0.25) is 10.0 Å². The lowest BCUT2D eigenvalue weighted by Gasteiger charge is -2.37. The summed E-state index contributed by atoms with van der Waals surface area (Å²) in [7, 11) is -0.443. The van der Waals surface area contributed by atoms with Crippen LogP contribution in [0.1, 0.15) is 31.2 Å². The smallest absolute Gasteiger partial charge is 0.319 e. The van der Waals surface area contributed by atoms with E-state index in [1.165, 1.54) is 11.1 Å². The molecule has 1 saturated carbocycles. The minimum absolute atomic E-state index is 0.0703. The van der Waals surface area contributed by atoms with Crippen molar-refractivity contribution < 1.29 is 22.0 Å². The quantitative estimate of drug-likeness (QED) is 0.517. The van der Waals surface area contributed by atoms with Gasteiger partial charge in [-0.1, -0.05) is 11.3 Å². The summed E-state index contributed by atoms with van der Waals surface area (Å²) >= 11 is 0.774. The van der Waals surface area contributed by atoms with Gasteiger partial charge in [-0.2, -0.15) is 0 Å². The highest BCUT2D eigenvalue weighted by Crippen LogP contribution is 2.38. The molecule has 0 atom stereocenters. The predicted octanol–water partition coefficient (Wildman–Crippen LogP) is 3.03. The summed E-state index contributed by atoms with van der Waals surface area (Å²) in [4.78, 5) is 17.8. The molecule has 2 amide bonds. The van der Waals surface area contributed by atoms with E-state index in [0.29, 0.717) is 43.1 Å². The zero-order valence-corrected chi connectivity index (χ0v) is 21.7. The van der Waals surface area contributed by atoms with Crippen molar-refractivity contribution in [1.29, 1.82) is 0 Å². The van der Waals surface area contributed by atoms with Crippen molar-refractivity contribution in [3.63, 3.8) is 0 Å². The molecule has 194 valence electrons. The minimum Gasteiger partial charge on any atom is -0.366 e. The van der Waals surface area contributed by atoms with Gasteiger partial charge in [0.15, 0.2) is 10.0 Å². The molecule has 2 aliphatic rings. The number of nitrogens with zero attached hydrogens (tertiary/aromatic N) is 6. The number of carbonyl (C=O) groups excluding carboxylic acids is 1. The maximum Gasteiger partial charge on any atom is 0.319 e. The second kappa shape index (κ2) is 8.92. The Morgan fingerprint density at radius 3 is 2.44 bits per heavy atom. The first-order valence-corrected chi connectivity index (χ1v) is 13.8. The number of amides is 2. The van der Waals surface area contributed by atoms with Gasteiger partial charge in [0.25, 0.3) is 6.43 Å². The summed E-state index contributed by atoms with van der Waals surface area (Å²) in [6.07, 6.45) is 0.286. The van der Waals surface area contributed by atoms with E-state index >= 15 is 0 Å². The number of alkyl halides is 2. The number of piperazine rings is 1. The lowest BCUT2D eigenvalue weighted by Crippen LogP contribution is -2.51. The Morgan fingerprint density at radius 2 is 1.86 bits per heavy atom. The maximum atomic E-state index is 13.3. The third kappa shape index (κ3) is 4.64. The van der Waals surface area contributed by atoms with Crippen LogP contribution >= 0.6 is 11.3 Å². The van der Waals surface area contributed by atoms with Gasteiger partial charge in [0.05, 0.1) is 16.9 Å². The number of nitrogens with one attached hydrogen (secondary N) is 1. The van der Waals surface area contributed by atoms with Crippen LogP contribution < -0.4 is 9.62 Å². The molecule has 4 heterocycles. The first kappa shape index (κ1) is 24.8. The Morgan fingerprint density at radius 1 is 1.17 bits per heavy atom. The number of halogens is 2. The highest BCUT2D eigenvalue weighted by atomic mass is 32.2. The standard InChI is InChI=1S/C22H27F2N7O3S2/c1-22(6-7-22)27-36(33,34)14-12-17(29-8-10-30(11-9-29)21(32)28(2)3)15-4-5-16(31(15)13-14)19-25-26-20(35-19)18(23)24/h4-5,12-13,18,27H,6-11H2,1-3H3. The monoisotopic (exact) mass is 539 g/mol. The number of anilines is 1. The molecule has 10 nitrogen and oxygen atoms in total. The Labute approximate surface area is 211 Å². The Hall–Kier alpha value is -2.84. The van der Waals surface area contributed by atoms with E-state index in [4.69, 9.17) is 0 Å². The van der Waals surface area contributed by atoms with E-state index in [1.54, 1.807) is 35.5 Å². The molecular weight excluding hydrogens is 512 g/mol. The number of carbonyl (C=O) groups is 1. The number of hydrogen-bond acceptors (Lipinski definition) is 7. The predicted molar refractivity (Wildman–Crippen MR) is 132 cm³/mol. The number of sulfonamides is 1. The first-order chi connectivity index (χ1) is 17.0. The SMILES string of the molecule is CN(C)C(=O)N1CCN(c2cc(S(=O)(=O)NC3(C)CC3)cn3c(-c4nnc(C(F)F)s4)ccc23)CC1. The van der Waals surface area contributed by atoms with Crippen molar-refractivity contribution in [1.82, 2.24) is 29.1 Å². The number of fused-ring (bicyclic) bond motifs is 1. The Bertz CT molecular complexity index is 1410. The van der Waals surface area contributed by atoms with E-state index in [9.17, 15) is 22.0 Å². The van der Waals surface area contributed by atoms with Gasteiger partial charge >= 0.3 is 6.03 Å². The summed E-state index contributed by atoms with van der Waals surface area (Å²) in [5, 5.41) is 7.38. The lowest BCUT2D eigenvalue weighted by molar-refractivity contribution is 0.150. The average molecular weight is 540 g/mol. The van der Waals surface area contributed by atoms with Crippen molar-refractivity contribution in [2.24, 2.45) is 0 Å². The Balaban J connectivity index is 1.57. The fourth-order valence-corrected chi connectivity index (χ4v) is 6.47. The highest BCUT2D eigenvalue weighted by molar-refractivity contribution is 7.89. The van der Waals surface area contributed by atoms with E-state index < -0.39 is 27.0 Å².